The van der Waals surface area contributed by atoms with Gasteiger partial charge in [0.15, 0.2) is 5.13 Å². The van der Waals surface area contributed by atoms with Crippen molar-refractivity contribution in [2.45, 2.75) is 13.8 Å². The van der Waals surface area contributed by atoms with Crippen LogP contribution in [0.4, 0.5) is 10.8 Å². The van der Waals surface area contributed by atoms with E-state index in [1.165, 1.54) is 11.3 Å². The van der Waals surface area contributed by atoms with E-state index < -0.39 is 0 Å². The minimum absolute atomic E-state index is 0.186. The number of hydrogen-bond acceptors (Lipinski definition) is 5. The number of nitrogens with one attached hydrogen (secondary N) is 1. The molecule has 0 radical (unpaired) electrons. The van der Waals surface area contributed by atoms with Crippen LogP contribution in [-0.4, -0.2) is 16.0 Å². The van der Waals surface area contributed by atoms with E-state index in [1.807, 2.05) is 0 Å². The van der Waals surface area contributed by atoms with Crippen LogP contribution in [0.25, 0.3) is 0 Å². The number of anilines is 2. The molecule has 0 saturated carbocycles. The summed E-state index contributed by atoms with van der Waals surface area (Å²) in [4.78, 5) is 15.8. The summed E-state index contributed by atoms with van der Waals surface area (Å²) in [5, 5.41) is 14.4. The van der Waals surface area contributed by atoms with E-state index in [0.29, 0.717) is 16.4 Å². The van der Waals surface area contributed by atoms with Gasteiger partial charge in [0.2, 0.25) is 0 Å². The molecule has 0 spiro atoms. The molecule has 0 aliphatic heterocycles. The van der Waals surface area contributed by atoms with Gasteiger partial charge in [0.05, 0.1) is 0 Å². The number of carbonyl (C=O) groups is 1. The number of nitrogen functional groups attached to an aromatic ring is 1. The molecule has 1 heterocycles. The first-order chi connectivity index (χ1) is 8.49. The predicted octanol–water partition coefficient (Wildman–Crippen LogP) is 2.30. The molecular weight excluding hydrogens is 250 g/mol. The Labute approximate surface area is 108 Å². The van der Waals surface area contributed by atoms with Gasteiger partial charge in [0, 0.05) is 16.6 Å². The van der Waals surface area contributed by atoms with Crippen molar-refractivity contribution < 1.29 is 9.90 Å². The third-order valence-corrected chi connectivity index (χ3v) is 3.31. The predicted molar refractivity (Wildman–Crippen MR) is 72.1 cm³/mol. The van der Waals surface area contributed by atoms with Crippen LogP contribution in [0.2, 0.25) is 0 Å². The smallest absolute Gasteiger partial charge is 0.275 e. The highest BCUT2D eigenvalue weighted by Crippen LogP contribution is 2.28. The molecule has 2 rings (SSSR count). The van der Waals surface area contributed by atoms with Crippen LogP contribution in [0.15, 0.2) is 17.5 Å². The van der Waals surface area contributed by atoms with E-state index in [9.17, 15) is 9.90 Å². The number of aryl methyl sites for hydroxylation is 1. The lowest BCUT2D eigenvalue weighted by Gasteiger charge is -2.10. The van der Waals surface area contributed by atoms with Gasteiger partial charge in [-0.1, -0.05) is 6.07 Å². The van der Waals surface area contributed by atoms with Crippen molar-refractivity contribution in [3.8, 4) is 5.75 Å². The van der Waals surface area contributed by atoms with E-state index >= 15 is 0 Å². The highest BCUT2D eigenvalue weighted by molar-refractivity contribution is 7.13. The number of nitrogens with zero attached hydrogens (tertiary/aromatic N) is 1. The van der Waals surface area contributed by atoms with E-state index in [2.05, 4.69) is 10.3 Å². The van der Waals surface area contributed by atoms with Crippen LogP contribution in [0, 0.1) is 13.8 Å². The van der Waals surface area contributed by atoms with Crippen molar-refractivity contribution in [3.63, 3.8) is 0 Å². The fourth-order valence-corrected chi connectivity index (χ4v) is 2.09. The molecule has 0 aliphatic carbocycles. The molecule has 0 unspecified atom stereocenters. The van der Waals surface area contributed by atoms with E-state index in [4.69, 9.17) is 5.73 Å². The van der Waals surface area contributed by atoms with Crippen molar-refractivity contribution in [2.24, 2.45) is 0 Å². The lowest BCUT2D eigenvalue weighted by atomic mass is 10.1. The SMILES string of the molecule is Cc1ccc(NC(=O)c2csc(N)n2)c(C)c1O. The van der Waals surface area contributed by atoms with Gasteiger partial charge in [-0.3, -0.25) is 4.79 Å². The Morgan fingerprint density at radius 1 is 1.44 bits per heavy atom. The summed E-state index contributed by atoms with van der Waals surface area (Å²) < 4.78 is 0. The highest BCUT2D eigenvalue weighted by Gasteiger charge is 2.13. The maximum Gasteiger partial charge on any atom is 0.275 e. The molecule has 0 saturated heterocycles. The van der Waals surface area contributed by atoms with Crippen molar-refractivity contribution >= 4 is 28.1 Å². The molecular formula is C12H13N3O2S. The number of nitrogens with two attached hydrogens (primary N) is 1. The summed E-state index contributed by atoms with van der Waals surface area (Å²) in [5.74, 6) is -0.153. The van der Waals surface area contributed by atoms with Crippen LogP contribution in [-0.2, 0) is 0 Å². The summed E-state index contributed by atoms with van der Waals surface area (Å²) in [6, 6.07) is 3.49. The number of hydrogen-bond donors (Lipinski definition) is 3. The third-order valence-electron chi connectivity index (χ3n) is 2.64. The number of amides is 1. The maximum atomic E-state index is 11.9. The molecule has 0 aliphatic rings. The highest BCUT2D eigenvalue weighted by atomic mass is 32.1. The largest absolute Gasteiger partial charge is 0.507 e. The number of thiazole rings is 1. The average molecular weight is 263 g/mol. The molecule has 0 fully saturated rings. The monoisotopic (exact) mass is 263 g/mol. The van der Waals surface area contributed by atoms with Crippen molar-refractivity contribution in [1.29, 1.82) is 0 Å². The van der Waals surface area contributed by atoms with Gasteiger partial charge in [-0.25, -0.2) is 4.98 Å². The molecule has 4 N–H and O–H groups in total. The van der Waals surface area contributed by atoms with E-state index in [-0.39, 0.29) is 17.4 Å². The summed E-state index contributed by atoms with van der Waals surface area (Å²) in [6.45, 7) is 3.54. The number of aromatic hydroxyl groups is 1. The van der Waals surface area contributed by atoms with Crippen molar-refractivity contribution in [3.05, 3.63) is 34.3 Å². The minimum atomic E-state index is -0.339. The second-order valence-corrected chi connectivity index (χ2v) is 4.82. The quantitative estimate of drug-likeness (QED) is 0.775. The Morgan fingerprint density at radius 3 is 2.78 bits per heavy atom. The van der Waals surface area contributed by atoms with Gasteiger partial charge < -0.3 is 16.2 Å². The molecule has 94 valence electrons. The van der Waals surface area contributed by atoms with E-state index in [1.54, 1.807) is 31.4 Å². The van der Waals surface area contributed by atoms with Gasteiger partial charge in [-0.05, 0) is 25.5 Å². The number of carbonyl (C=O) groups excluding carboxylic acids is 1. The van der Waals surface area contributed by atoms with Gasteiger partial charge in [-0.15, -0.1) is 11.3 Å². The zero-order valence-corrected chi connectivity index (χ0v) is 10.8. The van der Waals surface area contributed by atoms with Crippen LogP contribution >= 0.6 is 11.3 Å². The molecule has 1 aromatic carbocycles. The molecule has 6 heteroatoms. The second-order valence-electron chi connectivity index (χ2n) is 3.93. The molecule has 0 atom stereocenters. The summed E-state index contributed by atoms with van der Waals surface area (Å²) in [5.41, 5.74) is 7.71. The first-order valence-corrected chi connectivity index (χ1v) is 6.18. The minimum Gasteiger partial charge on any atom is -0.507 e. The second kappa shape index (κ2) is 4.66. The molecule has 0 bridgehead atoms. The Morgan fingerprint density at radius 2 is 2.17 bits per heavy atom. The topological polar surface area (TPSA) is 88.2 Å². The third kappa shape index (κ3) is 2.28. The first kappa shape index (κ1) is 12.4. The maximum absolute atomic E-state index is 11.9. The van der Waals surface area contributed by atoms with Crippen LogP contribution in [0.3, 0.4) is 0 Å². The summed E-state index contributed by atoms with van der Waals surface area (Å²) in [6.07, 6.45) is 0. The number of phenolic OH excluding ortho intramolecular Hbond substituents is 1. The lowest BCUT2D eigenvalue weighted by molar-refractivity contribution is 0.102. The Kier molecular flexibility index (Phi) is 3.20. The standard InChI is InChI=1S/C12H13N3O2S/c1-6-3-4-8(7(2)10(6)16)14-11(17)9-5-18-12(13)15-9/h3-5,16H,1-2H3,(H2,13,15)(H,14,17). The Bertz CT molecular complexity index is 607. The lowest BCUT2D eigenvalue weighted by Crippen LogP contribution is -2.13. The fraction of sp³-hybridized carbons (Fsp3) is 0.167. The Balaban J connectivity index is 2.25. The van der Waals surface area contributed by atoms with Crippen molar-refractivity contribution in [2.75, 3.05) is 11.1 Å². The normalized spacial score (nSPS) is 10.3. The molecule has 1 aromatic heterocycles. The zero-order valence-electron chi connectivity index (χ0n) is 10.0. The number of aromatic nitrogens is 1. The fourth-order valence-electron chi connectivity index (χ4n) is 1.55. The Hall–Kier alpha value is -2.08. The first-order valence-electron chi connectivity index (χ1n) is 5.30. The molecule has 5 nitrogen and oxygen atoms in total. The summed E-state index contributed by atoms with van der Waals surface area (Å²) in [7, 11) is 0. The number of rotatable bonds is 2. The van der Waals surface area contributed by atoms with Crippen LogP contribution in [0.1, 0.15) is 21.6 Å². The molecule has 2 aromatic rings. The molecule has 1 amide bonds. The summed E-state index contributed by atoms with van der Waals surface area (Å²) >= 11 is 1.21. The molecule has 18 heavy (non-hydrogen) atoms. The van der Waals surface area contributed by atoms with Crippen LogP contribution < -0.4 is 11.1 Å². The van der Waals surface area contributed by atoms with Crippen molar-refractivity contribution in [1.82, 2.24) is 4.98 Å². The van der Waals surface area contributed by atoms with Crippen LogP contribution in [0.5, 0.6) is 5.75 Å². The van der Waals surface area contributed by atoms with Gasteiger partial charge in [0.25, 0.3) is 5.91 Å². The van der Waals surface area contributed by atoms with E-state index in [0.717, 1.165) is 5.56 Å². The van der Waals surface area contributed by atoms with Gasteiger partial charge in [-0.2, -0.15) is 0 Å². The number of phenols is 1. The number of benzene rings is 1. The van der Waals surface area contributed by atoms with Gasteiger partial charge in [0.1, 0.15) is 11.4 Å². The average Bonchev–Trinajstić information content (AvgIpc) is 2.77. The van der Waals surface area contributed by atoms with Gasteiger partial charge >= 0.3 is 0 Å². The zero-order chi connectivity index (χ0) is 13.3.